The lowest BCUT2D eigenvalue weighted by atomic mass is 10.1. The predicted octanol–water partition coefficient (Wildman–Crippen LogP) is 1.34. The summed E-state index contributed by atoms with van der Waals surface area (Å²) in [6, 6.07) is 7.08. The minimum Gasteiger partial charge on any atom is -0.389 e. The second-order valence-electron chi connectivity index (χ2n) is 6.87. The maximum atomic E-state index is 12.7. The molecule has 1 aromatic rings. The van der Waals surface area contributed by atoms with Crippen LogP contribution in [-0.4, -0.2) is 69.1 Å². The lowest BCUT2D eigenvalue weighted by Crippen LogP contribution is -2.56. The van der Waals surface area contributed by atoms with Gasteiger partial charge in [-0.1, -0.05) is 0 Å². The molecule has 0 unspecified atom stereocenters. The molecular formula is C17H26N2O3S. The van der Waals surface area contributed by atoms with Gasteiger partial charge in [0.25, 0.3) is 5.91 Å². The molecule has 0 aliphatic carbocycles. The van der Waals surface area contributed by atoms with Crippen molar-refractivity contribution >= 4 is 16.7 Å². The molecule has 2 rings (SSSR count). The number of carbonyl (C=O) groups is 1. The second-order valence-corrected chi connectivity index (χ2v) is 8.25. The number of aliphatic hydroxyl groups is 1. The van der Waals surface area contributed by atoms with Gasteiger partial charge in [-0.2, -0.15) is 0 Å². The molecule has 6 heteroatoms. The van der Waals surface area contributed by atoms with Crippen molar-refractivity contribution in [3.63, 3.8) is 0 Å². The fraction of sp³-hybridized carbons (Fsp3) is 0.588. The molecule has 1 N–H and O–H groups in total. The second kappa shape index (κ2) is 7.11. The van der Waals surface area contributed by atoms with Crippen LogP contribution < -0.4 is 0 Å². The quantitative estimate of drug-likeness (QED) is 0.900. The zero-order valence-electron chi connectivity index (χ0n) is 14.3. The average Bonchev–Trinajstić information content (AvgIpc) is 2.45. The first kappa shape index (κ1) is 18.1. The molecule has 1 fully saturated rings. The molecule has 1 amide bonds. The van der Waals surface area contributed by atoms with Crippen molar-refractivity contribution in [2.24, 2.45) is 0 Å². The maximum absolute atomic E-state index is 12.7. The minimum absolute atomic E-state index is 0.00819. The van der Waals surface area contributed by atoms with Crippen LogP contribution >= 0.6 is 0 Å². The van der Waals surface area contributed by atoms with Crippen LogP contribution in [-0.2, 0) is 10.8 Å². The fourth-order valence-electron chi connectivity index (χ4n) is 2.98. The van der Waals surface area contributed by atoms with E-state index in [0.717, 1.165) is 18.0 Å². The summed E-state index contributed by atoms with van der Waals surface area (Å²) in [5.74, 6) is 0.00819. The maximum Gasteiger partial charge on any atom is 0.254 e. The highest BCUT2D eigenvalue weighted by molar-refractivity contribution is 7.84. The van der Waals surface area contributed by atoms with Gasteiger partial charge in [-0.3, -0.25) is 13.9 Å². The first-order valence-electron chi connectivity index (χ1n) is 7.86. The van der Waals surface area contributed by atoms with E-state index in [4.69, 9.17) is 0 Å². The highest BCUT2D eigenvalue weighted by Gasteiger charge is 2.30. The van der Waals surface area contributed by atoms with Gasteiger partial charge in [0.1, 0.15) is 0 Å². The van der Waals surface area contributed by atoms with Crippen LogP contribution in [0.3, 0.4) is 0 Å². The monoisotopic (exact) mass is 338 g/mol. The molecule has 1 aliphatic rings. The molecule has 1 saturated heterocycles. The molecule has 1 heterocycles. The third kappa shape index (κ3) is 4.86. The van der Waals surface area contributed by atoms with Crippen LogP contribution in [0.25, 0.3) is 0 Å². The van der Waals surface area contributed by atoms with E-state index in [1.807, 2.05) is 11.8 Å². The van der Waals surface area contributed by atoms with Crippen molar-refractivity contribution in [2.75, 3.05) is 32.4 Å². The molecule has 23 heavy (non-hydrogen) atoms. The van der Waals surface area contributed by atoms with Gasteiger partial charge in [0, 0.05) is 59.7 Å². The van der Waals surface area contributed by atoms with Gasteiger partial charge in [-0.05, 0) is 45.0 Å². The summed E-state index contributed by atoms with van der Waals surface area (Å²) in [4.78, 5) is 17.5. The van der Waals surface area contributed by atoms with Crippen LogP contribution in [0.5, 0.6) is 0 Å². The van der Waals surface area contributed by atoms with Crippen LogP contribution in [0.4, 0.5) is 0 Å². The molecule has 0 spiro atoms. The number of amides is 1. The van der Waals surface area contributed by atoms with Crippen LogP contribution in [0.2, 0.25) is 0 Å². The highest BCUT2D eigenvalue weighted by Crippen LogP contribution is 2.17. The lowest BCUT2D eigenvalue weighted by Gasteiger charge is -2.41. The Bertz CT molecular complexity index is 580. The van der Waals surface area contributed by atoms with Crippen LogP contribution in [0.15, 0.2) is 29.2 Å². The van der Waals surface area contributed by atoms with E-state index < -0.39 is 16.4 Å². The van der Waals surface area contributed by atoms with Crippen LogP contribution in [0, 0.1) is 0 Å². The zero-order chi connectivity index (χ0) is 17.2. The van der Waals surface area contributed by atoms with E-state index in [-0.39, 0.29) is 11.9 Å². The highest BCUT2D eigenvalue weighted by atomic mass is 32.2. The fourth-order valence-corrected chi connectivity index (χ4v) is 3.50. The molecule has 128 valence electrons. The number of benzene rings is 1. The third-order valence-corrected chi connectivity index (χ3v) is 4.95. The van der Waals surface area contributed by atoms with Crippen molar-refractivity contribution in [1.29, 1.82) is 0 Å². The minimum atomic E-state index is -1.03. The molecule has 2 atom stereocenters. The normalized spacial score (nSPS) is 21.3. The van der Waals surface area contributed by atoms with Crippen molar-refractivity contribution in [1.82, 2.24) is 9.80 Å². The van der Waals surface area contributed by atoms with Crippen LogP contribution in [0.1, 0.15) is 31.1 Å². The van der Waals surface area contributed by atoms with Gasteiger partial charge >= 0.3 is 0 Å². The van der Waals surface area contributed by atoms with Crippen molar-refractivity contribution in [3.05, 3.63) is 29.8 Å². The number of rotatable bonds is 4. The number of β-amino-alcohol motifs (C(OH)–C–C–N with tert-alkyl or cyclic N) is 1. The Labute approximate surface area is 140 Å². The Kier molecular flexibility index (Phi) is 5.60. The number of carbonyl (C=O) groups excluding carboxylic acids is 1. The molecular weight excluding hydrogens is 312 g/mol. The smallest absolute Gasteiger partial charge is 0.254 e. The Hall–Kier alpha value is -1.24. The molecule has 1 aromatic carbocycles. The Morgan fingerprint density at radius 3 is 2.39 bits per heavy atom. The van der Waals surface area contributed by atoms with E-state index in [1.54, 1.807) is 44.4 Å². The lowest BCUT2D eigenvalue weighted by molar-refractivity contribution is 0.00577. The number of hydrogen-bond acceptors (Lipinski definition) is 4. The standard InChI is InChI=1S/C17H26N2O3S/c1-13-11-18(12-17(2,3)21)9-10-19(13)16(20)14-5-7-15(8-6-14)23(4)22/h5-8,13,21H,9-12H2,1-4H3/t13-,23-/m0/s1. The van der Waals surface area contributed by atoms with Gasteiger partial charge in [-0.25, -0.2) is 0 Å². The van der Waals surface area contributed by atoms with Gasteiger partial charge in [0.15, 0.2) is 0 Å². The summed E-state index contributed by atoms with van der Waals surface area (Å²) in [5.41, 5.74) is -0.0978. The molecule has 1 aliphatic heterocycles. The van der Waals surface area contributed by atoms with Crippen molar-refractivity contribution in [3.8, 4) is 0 Å². The van der Waals surface area contributed by atoms with Gasteiger partial charge in [0.05, 0.1) is 5.60 Å². The predicted molar refractivity (Wildman–Crippen MR) is 92.0 cm³/mol. The number of hydrogen-bond donors (Lipinski definition) is 1. The van der Waals surface area contributed by atoms with Gasteiger partial charge in [-0.15, -0.1) is 0 Å². The largest absolute Gasteiger partial charge is 0.389 e. The summed E-state index contributed by atoms with van der Waals surface area (Å²) < 4.78 is 11.4. The summed E-state index contributed by atoms with van der Waals surface area (Å²) in [6.07, 6.45) is 1.63. The first-order valence-corrected chi connectivity index (χ1v) is 9.42. The molecule has 0 bridgehead atoms. The van der Waals surface area contributed by atoms with Crippen molar-refractivity contribution in [2.45, 2.75) is 37.3 Å². The Morgan fingerprint density at radius 2 is 1.91 bits per heavy atom. The summed E-state index contributed by atoms with van der Waals surface area (Å²) in [7, 11) is -1.03. The molecule has 0 aromatic heterocycles. The Morgan fingerprint density at radius 1 is 1.30 bits per heavy atom. The first-order chi connectivity index (χ1) is 10.7. The molecule has 0 saturated carbocycles. The van der Waals surface area contributed by atoms with E-state index in [0.29, 0.717) is 18.7 Å². The van der Waals surface area contributed by atoms with Gasteiger partial charge < -0.3 is 10.0 Å². The third-order valence-electron chi connectivity index (χ3n) is 4.02. The van der Waals surface area contributed by atoms with E-state index >= 15 is 0 Å². The van der Waals surface area contributed by atoms with Crippen molar-refractivity contribution < 1.29 is 14.1 Å². The van der Waals surface area contributed by atoms with E-state index in [2.05, 4.69) is 4.90 Å². The molecule has 0 radical (unpaired) electrons. The molecule has 5 nitrogen and oxygen atoms in total. The van der Waals surface area contributed by atoms with E-state index in [1.165, 1.54) is 0 Å². The van der Waals surface area contributed by atoms with Gasteiger partial charge in [0.2, 0.25) is 0 Å². The Balaban J connectivity index is 2.02. The van der Waals surface area contributed by atoms with E-state index in [9.17, 15) is 14.1 Å². The summed E-state index contributed by atoms with van der Waals surface area (Å²) in [5, 5.41) is 9.93. The number of piperazine rings is 1. The average molecular weight is 338 g/mol. The topological polar surface area (TPSA) is 60.9 Å². The summed E-state index contributed by atoms with van der Waals surface area (Å²) in [6.45, 7) is 8.41. The zero-order valence-corrected chi connectivity index (χ0v) is 15.1. The number of nitrogens with zero attached hydrogens (tertiary/aromatic N) is 2. The summed E-state index contributed by atoms with van der Waals surface area (Å²) >= 11 is 0. The SMILES string of the molecule is C[C@H]1CN(CC(C)(C)O)CCN1C(=O)c1ccc([S@](C)=O)cc1.